The van der Waals surface area contributed by atoms with E-state index in [0.29, 0.717) is 6.54 Å². The largest absolute Gasteiger partial charge is 0.328 e. The van der Waals surface area contributed by atoms with Crippen LogP contribution in [0.1, 0.15) is 17.5 Å². The van der Waals surface area contributed by atoms with Gasteiger partial charge in [-0.3, -0.25) is 13.9 Å². The minimum Gasteiger partial charge on any atom is -0.326 e. The van der Waals surface area contributed by atoms with E-state index in [2.05, 4.69) is 5.32 Å². The Balaban J connectivity index is 1.74. The first-order valence-corrected chi connectivity index (χ1v) is 7.99. The van der Waals surface area contributed by atoms with Gasteiger partial charge in [0.1, 0.15) is 0 Å². The van der Waals surface area contributed by atoms with Crippen LogP contribution in [-0.2, 0) is 18.4 Å². The molecule has 1 amide bonds. The number of carbonyl (C=O) groups excluding carboxylic acids is 1. The summed E-state index contributed by atoms with van der Waals surface area (Å²) < 4.78 is 3.26. The molecule has 3 aromatic rings. The molecule has 0 fully saturated rings. The SMILES string of the molecule is Cc1ccc(NC(=O)CCn2c(=O)n(C)c3ccccc32)cc1C. The van der Waals surface area contributed by atoms with Crippen molar-refractivity contribution in [3.63, 3.8) is 0 Å². The number of amides is 1. The van der Waals surface area contributed by atoms with Crippen molar-refractivity contribution in [1.29, 1.82) is 0 Å². The number of fused-ring (bicyclic) bond motifs is 1. The number of hydrogen-bond acceptors (Lipinski definition) is 2. The Morgan fingerprint density at radius 1 is 1.04 bits per heavy atom. The summed E-state index contributed by atoms with van der Waals surface area (Å²) in [7, 11) is 1.75. The average molecular weight is 323 g/mol. The lowest BCUT2D eigenvalue weighted by atomic mass is 10.1. The molecule has 1 heterocycles. The van der Waals surface area contributed by atoms with Crippen LogP contribution in [0.2, 0.25) is 0 Å². The van der Waals surface area contributed by atoms with Crippen molar-refractivity contribution in [3.8, 4) is 0 Å². The smallest absolute Gasteiger partial charge is 0.326 e. The molecule has 124 valence electrons. The van der Waals surface area contributed by atoms with E-state index in [4.69, 9.17) is 0 Å². The van der Waals surface area contributed by atoms with Gasteiger partial charge in [-0.2, -0.15) is 0 Å². The molecule has 0 atom stereocenters. The first kappa shape index (κ1) is 16.1. The third kappa shape index (κ3) is 2.97. The molecule has 0 saturated heterocycles. The number of para-hydroxylation sites is 2. The van der Waals surface area contributed by atoms with Crippen LogP contribution >= 0.6 is 0 Å². The predicted molar refractivity (Wildman–Crippen MR) is 96.3 cm³/mol. The van der Waals surface area contributed by atoms with Gasteiger partial charge < -0.3 is 5.32 Å². The van der Waals surface area contributed by atoms with E-state index in [1.165, 1.54) is 5.56 Å². The van der Waals surface area contributed by atoms with Gasteiger partial charge in [0.05, 0.1) is 11.0 Å². The van der Waals surface area contributed by atoms with Crippen molar-refractivity contribution < 1.29 is 4.79 Å². The fourth-order valence-electron chi connectivity index (χ4n) is 2.84. The van der Waals surface area contributed by atoms with Gasteiger partial charge in [0.2, 0.25) is 5.91 Å². The van der Waals surface area contributed by atoms with Crippen LogP contribution in [0.3, 0.4) is 0 Å². The Kier molecular flexibility index (Phi) is 4.25. The lowest BCUT2D eigenvalue weighted by Crippen LogP contribution is -2.24. The van der Waals surface area contributed by atoms with Crippen molar-refractivity contribution in [3.05, 3.63) is 64.1 Å². The Bertz CT molecular complexity index is 966. The maximum Gasteiger partial charge on any atom is 0.328 e. The molecule has 5 heteroatoms. The van der Waals surface area contributed by atoms with E-state index in [9.17, 15) is 9.59 Å². The van der Waals surface area contributed by atoms with E-state index < -0.39 is 0 Å². The summed E-state index contributed by atoms with van der Waals surface area (Å²) in [5, 5.41) is 2.89. The number of rotatable bonds is 4. The Labute approximate surface area is 140 Å². The lowest BCUT2D eigenvalue weighted by molar-refractivity contribution is -0.116. The standard InChI is InChI=1S/C19H21N3O2/c1-13-8-9-15(12-14(13)2)20-18(23)10-11-22-17-7-5-4-6-16(17)21(3)19(22)24/h4-9,12H,10-11H2,1-3H3,(H,20,23). The van der Waals surface area contributed by atoms with E-state index in [1.807, 2.05) is 56.3 Å². The molecular weight excluding hydrogens is 302 g/mol. The minimum absolute atomic E-state index is 0.0990. The quantitative estimate of drug-likeness (QED) is 0.802. The van der Waals surface area contributed by atoms with E-state index in [1.54, 1.807) is 16.2 Å². The molecule has 0 unspecified atom stereocenters. The highest BCUT2D eigenvalue weighted by Crippen LogP contribution is 2.15. The summed E-state index contributed by atoms with van der Waals surface area (Å²) in [6.07, 6.45) is 0.251. The molecule has 0 saturated carbocycles. The maximum atomic E-state index is 12.3. The number of aromatic nitrogens is 2. The van der Waals surface area contributed by atoms with Gasteiger partial charge in [-0.1, -0.05) is 18.2 Å². The number of nitrogens with one attached hydrogen (secondary N) is 1. The molecular formula is C19H21N3O2. The zero-order chi connectivity index (χ0) is 17.3. The molecule has 0 bridgehead atoms. The topological polar surface area (TPSA) is 56.0 Å². The molecule has 5 nitrogen and oxygen atoms in total. The highest BCUT2D eigenvalue weighted by Gasteiger charge is 2.11. The zero-order valence-corrected chi connectivity index (χ0v) is 14.2. The van der Waals surface area contributed by atoms with Crippen LogP contribution in [-0.4, -0.2) is 15.0 Å². The first-order valence-electron chi connectivity index (χ1n) is 7.99. The summed E-state index contributed by atoms with van der Waals surface area (Å²) in [6, 6.07) is 13.4. The lowest BCUT2D eigenvalue weighted by Gasteiger charge is -2.08. The molecule has 0 spiro atoms. The molecule has 1 N–H and O–H groups in total. The summed E-state index contributed by atoms with van der Waals surface area (Å²) >= 11 is 0. The minimum atomic E-state index is -0.102. The number of benzene rings is 2. The van der Waals surface area contributed by atoms with Crippen molar-refractivity contribution in [2.45, 2.75) is 26.8 Å². The van der Waals surface area contributed by atoms with Crippen molar-refractivity contribution in [1.82, 2.24) is 9.13 Å². The third-order valence-electron chi connectivity index (χ3n) is 4.40. The second kappa shape index (κ2) is 6.35. The monoisotopic (exact) mass is 323 g/mol. The molecule has 0 radical (unpaired) electrons. The maximum absolute atomic E-state index is 12.3. The van der Waals surface area contributed by atoms with Gasteiger partial charge in [-0.25, -0.2) is 4.79 Å². The molecule has 0 aliphatic carbocycles. The van der Waals surface area contributed by atoms with Crippen molar-refractivity contribution in [2.75, 3.05) is 5.32 Å². The predicted octanol–water partition coefficient (Wildman–Crippen LogP) is 2.99. The summed E-state index contributed by atoms with van der Waals surface area (Å²) in [5.41, 5.74) is 4.73. The molecule has 3 rings (SSSR count). The number of carbonyl (C=O) groups is 1. The van der Waals surface area contributed by atoms with Gasteiger partial charge in [-0.15, -0.1) is 0 Å². The fourth-order valence-corrected chi connectivity index (χ4v) is 2.84. The molecule has 0 aliphatic heterocycles. The van der Waals surface area contributed by atoms with Gasteiger partial charge in [0.15, 0.2) is 0 Å². The van der Waals surface area contributed by atoms with Crippen LogP contribution in [0.15, 0.2) is 47.3 Å². The number of aryl methyl sites for hydroxylation is 4. The number of hydrogen-bond donors (Lipinski definition) is 1. The van der Waals surface area contributed by atoms with Crippen LogP contribution < -0.4 is 11.0 Å². The second-order valence-corrected chi connectivity index (χ2v) is 6.08. The van der Waals surface area contributed by atoms with E-state index >= 15 is 0 Å². The number of nitrogens with zero attached hydrogens (tertiary/aromatic N) is 2. The first-order chi connectivity index (χ1) is 11.5. The van der Waals surface area contributed by atoms with E-state index in [-0.39, 0.29) is 18.0 Å². The summed E-state index contributed by atoms with van der Waals surface area (Å²) in [6.45, 7) is 4.41. The van der Waals surface area contributed by atoms with E-state index in [0.717, 1.165) is 22.3 Å². The Morgan fingerprint density at radius 3 is 2.46 bits per heavy atom. The highest BCUT2D eigenvalue weighted by atomic mass is 16.2. The van der Waals surface area contributed by atoms with Gasteiger partial charge >= 0.3 is 5.69 Å². The Morgan fingerprint density at radius 2 is 1.75 bits per heavy atom. The van der Waals surface area contributed by atoms with Gasteiger partial charge in [0.25, 0.3) is 0 Å². The van der Waals surface area contributed by atoms with Crippen LogP contribution in [0, 0.1) is 13.8 Å². The summed E-state index contributed by atoms with van der Waals surface area (Å²) in [4.78, 5) is 24.5. The molecule has 2 aromatic carbocycles. The number of anilines is 1. The van der Waals surface area contributed by atoms with Crippen molar-refractivity contribution in [2.24, 2.45) is 7.05 Å². The summed E-state index contributed by atoms with van der Waals surface area (Å²) in [5.74, 6) is -0.0990. The highest BCUT2D eigenvalue weighted by molar-refractivity contribution is 5.90. The second-order valence-electron chi connectivity index (χ2n) is 6.08. The normalized spacial score (nSPS) is 11.0. The zero-order valence-electron chi connectivity index (χ0n) is 14.2. The fraction of sp³-hybridized carbons (Fsp3) is 0.263. The Hall–Kier alpha value is -2.82. The van der Waals surface area contributed by atoms with Gasteiger partial charge in [0, 0.05) is 25.7 Å². The molecule has 1 aromatic heterocycles. The van der Waals surface area contributed by atoms with Crippen LogP contribution in [0.25, 0.3) is 11.0 Å². The molecule has 24 heavy (non-hydrogen) atoms. The van der Waals surface area contributed by atoms with Gasteiger partial charge in [-0.05, 0) is 49.2 Å². The average Bonchev–Trinajstić information content (AvgIpc) is 2.81. The third-order valence-corrected chi connectivity index (χ3v) is 4.40. The number of imidazole rings is 1. The van der Waals surface area contributed by atoms with Crippen molar-refractivity contribution >= 4 is 22.6 Å². The van der Waals surface area contributed by atoms with Crippen LogP contribution in [0.4, 0.5) is 5.69 Å². The molecule has 0 aliphatic rings. The van der Waals surface area contributed by atoms with Crippen LogP contribution in [0.5, 0.6) is 0 Å².